The van der Waals surface area contributed by atoms with Crippen molar-refractivity contribution in [3.8, 4) is 0 Å². The van der Waals surface area contributed by atoms with Crippen molar-refractivity contribution in [1.82, 2.24) is 10.3 Å². The third kappa shape index (κ3) is 4.05. The van der Waals surface area contributed by atoms with Crippen molar-refractivity contribution in [3.05, 3.63) is 56.7 Å². The minimum atomic E-state index is -0.280. The standard InChI is InChI=1S/C14H16ClN3OS/c1-18(9-12-6-7-13(15)20-12)8-10-2-4-11(5-3-10)14(19)17-16/h2-7H,8-9,16H2,1H3,(H,17,19). The normalized spacial score (nSPS) is 10.8. The van der Waals surface area contributed by atoms with Crippen molar-refractivity contribution < 1.29 is 4.79 Å². The Morgan fingerprint density at radius 3 is 2.50 bits per heavy atom. The Morgan fingerprint density at radius 2 is 1.95 bits per heavy atom. The van der Waals surface area contributed by atoms with E-state index in [-0.39, 0.29) is 5.91 Å². The molecule has 6 heteroatoms. The van der Waals surface area contributed by atoms with Gasteiger partial charge in [-0.3, -0.25) is 15.1 Å². The van der Waals surface area contributed by atoms with Crippen LogP contribution in [0.25, 0.3) is 0 Å². The van der Waals surface area contributed by atoms with E-state index in [0.29, 0.717) is 5.56 Å². The summed E-state index contributed by atoms with van der Waals surface area (Å²) in [4.78, 5) is 14.8. The van der Waals surface area contributed by atoms with Crippen molar-refractivity contribution in [1.29, 1.82) is 0 Å². The predicted octanol–water partition coefficient (Wildman–Crippen LogP) is 2.64. The van der Waals surface area contributed by atoms with E-state index in [0.717, 1.165) is 23.0 Å². The van der Waals surface area contributed by atoms with E-state index in [4.69, 9.17) is 17.4 Å². The number of thiophene rings is 1. The van der Waals surface area contributed by atoms with Gasteiger partial charge in [-0.15, -0.1) is 11.3 Å². The molecule has 0 aliphatic heterocycles. The van der Waals surface area contributed by atoms with Crippen molar-refractivity contribution in [3.63, 3.8) is 0 Å². The summed E-state index contributed by atoms with van der Waals surface area (Å²) >= 11 is 7.51. The highest BCUT2D eigenvalue weighted by molar-refractivity contribution is 7.16. The minimum absolute atomic E-state index is 0.280. The van der Waals surface area contributed by atoms with Crippen LogP contribution in [0.2, 0.25) is 4.34 Å². The van der Waals surface area contributed by atoms with Crippen molar-refractivity contribution >= 4 is 28.8 Å². The number of nitrogens with one attached hydrogen (secondary N) is 1. The monoisotopic (exact) mass is 309 g/mol. The molecule has 2 aromatic rings. The average molecular weight is 310 g/mol. The zero-order chi connectivity index (χ0) is 14.5. The van der Waals surface area contributed by atoms with Crippen LogP contribution >= 0.6 is 22.9 Å². The lowest BCUT2D eigenvalue weighted by molar-refractivity contribution is 0.0953. The molecule has 0 bridgehead atoms. The first-order valence-electron chi connectivity index (χ1n) is 6.11. The highest BCUT2D eigenvalue weighted by Crippen LogP contribution is 2.22. The number of hydrogen-bond acceptors (Lipinski definition) is 4. The van der Waals surface area contributed by atoms with Crippen LogP contribution in [-0.2, 0) is 13.1 Å². The molecule has 0 radical (unpaired) electrons. The number of nitrogens with zero attached hydrogens (tertiary/aromatic N) is 1. The third-order valence-electron chi connectivity index (χ3n) is 2.85. The van der Waals surface area contributed by atoms with E-state index in [1.54, 1.807) is 23.5 Å². The van der Waals surface area contributed by atoms with E-state index in [1.165, 1.54) is 4.88 Å². The molecule has 0 atom stereocenters. The number of amides is 1. The molecule has 0 aliphatic rings. The summed E-state index contributed by atoms with van der Waals surface area (Å²) < 4.78 is 0.811. The van der Waals surface area contributed by atoms with Gasteiger partial charge >= 0.3 is 0 Å². The van der Waals surface area contributed by atoms with Crippen LogP contribution in [0, 0.1) is 0 Å². The lowest BCUT2D eigenvalue weighted by Gasteiger charge is -2.15. The van der Waals surface area contributed by atoms with Crippen LogP contribution in [-0.4, -0.2) is 17.9 Å². The van der Waals surface area contributed by atoms with Gasteiger partial charge in [0.05, 0.1) is 4.34 Å². The summed E-state index contributed by atoms with van der Waals surface area (Å²) in [5, 5.41) is 0. The molecule has 106 valence electrons. The number of carbonyl (C=O) groups is 1. The second kappa shape index (κ2) is 6.85. The van der Waals surface area contributed by atoms with Crippen LogP contribution in [0.5, 0.6) is 0 Å². The van der Waals surface area contributed by atoms with Crippen LogP contribution < -0.4 is 11.3 Å². The number of nitrogens with two attached hydrogens (primary N) is 1. The van der Waals surface area contributed by atoms with E-state index in [2.05, 4.69) is 10.3 Å². The summed E-state index contributed by atoms with van der Waals surface area (Å²) in [5.41, 5.74) is 3.82. The molecule has 1 heterocycles. The van der Waals surface area contributed by atoms with Gasteiger partial charge in [0.2, 0.25) is 0 Å². The Morgan fingerprint density at radius 1 is 1.25 bits per heavy atom. The van der Waals surface area contributed by atoms with E-state index in [9.17, 15) is 4.79 Å². The second-order valence-corrected chi connectivity index (χ2v) is 6.35. The zero-order valence-corrected chi connectivity index (χ0v) is 12.7. The molecule has 4 nitrogen and oxygen atoms in total. The van der Waals surface area contributed by atoms with Gasteiger partial charge in [-0.25, -0.2) is 5.84 Å². The molecule has 3 N–H and O–H groups in total. The molecular weight excluding hydrogens is 294 g/mol. The predicted molar refractivity (Wildman–Crippen MR) is 82.6 cm³/mol. The van der Waals surface area contributed by atoms with E-state index in [1.807, 2.05) is 31.3 Å². The van der Waals surface area contributed by atoms with Crippen LogP contribution in [0.4, 0.5) is 0 Å². The van der Waals surface area contributed by atoms with E-state index >= 15 is 0 Å². The van der Waals surface area contributed by atoms with Gasteiger partial charge in [-0.1, -0.05) is 23.7 Å². The summed E-state index contributed by atoms with van der Waals surface area (Å²) in [6.45, 7) is 1.66. The SMILES string of the molecule is CN(Cc1ccc(C(=O)NN)cc1)Cc1ccc(Cl)s1. The van der Waals surface area contributed by atoms with Gasteiger partial charge in [0.1, 0.15) is 0 Å². The van der Waals surface area contributed by atoms with Gasteiger partial charge in [-0.05, 0) is 36.9 Å². The van der Waals surface area contributed by atoms with Gasteiger partial charge in [0.25, 0.3) is 5.91 Å². The van der Waals surface area contributed by atoms with Crippen LogP contribution in [0.3, 0.4) is 0 Å². The third-order valence-corrected chi connectivity index (χ3v) is 4.07. The number of rotatable bonds is 5. The highest BCUT2D eigenvalue weighted by atomic mass is 35.5. The lowest BCUT2D eigenvalue weighted by atomic mass is 10.1. The maximum atomic E-state index is 11.3. The Balaban J connectivity index is 1.94. The number of hydrazine groups is 1. The average Bonchev–Trinajstić information content (AvgIpc) is 2.84. The minimum Gasteiger partial charge on any atom is -0.297 e. The molecule has 0 unspecified atom stereocenters. The fourth-order valence-electron chi connectivity index (χ4n) is 1.92. The fraction of sp³-hybridized carbons (Fsp3) is 0.214. The number of benzene rings is 1. The number of nitrogen functional groups attached to an aromatic ring is 1. The summed E-state index contributed by atoms with van der Waals surface area (Å²) in [6, 6.07) is 11.4. The summed E-state index contributed by atoms with van der Waals surface area (Å²) in [5.74, 6) is 4.81. The van der Waals surface area contributed by atoms with Gasteiger partial charge in [0.15, 0.2) is 0 Å². The largest absolute Gasteiger partial charge is 0.297 e. The van der Waals surface area contributed by atoms with Gasteiger partial charge in [-0.2, -0.15) is 0 Å². The Kier molecular flexibility index (Phi) is 5.14. The molecular formula is C14H16ClN3OS. The van der Waals surface area contributed by atoms with Gasteiger partial charge < -0.3 is 0 Å². The van der Waals surface area contributed by atoms with Crippen molar-refractivity contribution in [2.45, 2.75) is 13.1 Å². The maximum absolute atomic E-state index is 11.3. The number of halogens is 1. The zero-order valence-electron chi connectivity index (χ0n) is 11.1. The highest BCUT2D eigenvalue weighted by Gasteiger charge is 2.06. The number of carbonyl (C=O) groups excluding carboxylic acids is 1. The van der Waals surface area contributed by atoms with Crippen molar-refractivity contribution in [2.75, 3.05) is 7.05 Å². The summed E-state index contributed by atoms with van der Waals surface area (Å²) in [6.07, 6.45) is 0. The maximum Gasteiger partial charge on any atom is 0.265 e. The molecule has 2 rings (SSSR count). The van der Waals surface area contributed by atoms with E-state index < -0.39 is 0 Å². The molecule has 0 fully saturated rings. The molecule has 1 aromatic heterocycles. The van der Waals surface area contributed by atoms with Crippen LogP contribution in [0.15, 0.2) is 36.4 Å². The number of hydrogen-bond donors (Lipinski definition) is 2. The van der Waals surface area contributed by atoms with Crippen LogP contribution in [0.1, 0.15) is 20.8 Å². The molecule has 0 saturated carbocycles. The molecule has 0 aliphatic carbocycles. The summed E-state index contributed by atoms with van der Waals surface area (Å²) in [7, 11) is 2.05. The molecule has 0 spiro atoms. The lowest BCUT2D eigenvalue weighted by Crippen LogP contribution is -2.29. The fourth-order valence-corrected chi connectivity index (χ4v) is 3.08. The molecule has 1 amide bonds. The Hall–Kier alpha value is -1.40. The Bertz CT molecular complexity index is 582. The molecule has 0 saturated heterocycles. The smallest absolute Gasteiger partial charge is 0.265 e. The quantitative estimate of drug-likeness (QED) is 0.507. The Labute approximate surface area is 127 Å². The van der Waals surface area contributed by atoms with Gasteiger partial charge in [0, 0.05) is 23.5 Å². The molecule has 20 heavy (non-hydrogen) atoms. The van der Waals surface area contributed by atoms with Crippen molar-refractivity contribution in [2.24, 2.45) is 5.84 Å². The second-order valence-electron chi connectivity index (χ2n) is 4.55. The first-order chi connectivity index (χ1) is 9.58. The topological polar surface area (TPSA) is 58.4 Å². The first-order valence-corrected chi connectivity index (χ1v) is 7.30. The first kappa shape index (κ1) is 15.0. The molecule has 1 aromatic carbocycles.